The molecule has 2 aromatic rings. The molecule has 1 aliphatic carbocycles. The van der Waals surface area contributed by atoms with Crippen molar-refractivity contribution in [3.05, 3.63) is 64.7 Å². The third-order valence-electron chi connectivity index (χ3n) is 4.78. The van der Waals surface area contributed by atoms with Crippen LogP contribution in [0, 0.1) is 12.8 Å². The molecule has 26 heavy (non-hydrogen) atoms. The highest BCUT2D eigenvalue weighted by molar-refractivity contribution is 7.87. The molecule has 1 atom stereocenters. The SMILES string of the molecule is COC(=O)c1cccc(C)c1S(=O)(=O)OCC1CCc2ccccc2C1. The van der Waals surface area contributed by atoms with E-state index in [2.05, 4.69) is 12.1 Å². The molecule has 0 heterocycles. The van der Waals surface area contributed by atoms with Crippen molar-refractivity contribution >= 4 is 16.1 Å². The van der Waals surface area contributed by atoms with Gasteiger partial charge in [0.25, 0.3) is 10.1 Å². The van der Waals surface area contributed by atoms with E-state index in [9.17, 15) is 13.2 Å². The first-order chi connectivity index (χ1) is 12.4. The van der Waals surface area contributed by atoms with Crippen LogP contribution in [0.4, 0.5) is 0 Å². The largest absolute Gasteiger partial charge is 0.465 e. The Kier molecular flexibility index (Phi) is 5.44. The fourth-order valence-corrected chi connectivity index (χ4v) is 4.79. The van der Waals surface area contributed by atoms with Crippen LogP contribution in [0.25, 0.3) is 0 Å². The molecule has 0 radical (unpaired) electrons. The fourth-order valence-electron chi connectivity index (χ4n) is 3.42. The van der Waals surface area contributed by atoms with E-state index in [0.717, 1.165) is 19.3 Å². The second-order valence-corrected chi connectivity index (χ2v) is 8.11. The summed E-state index contributed by atoms with van der Waals surface area (Å²) in [6.45, 7) is 1.74. The minimum absolute atomic E-state index is 0.00138. The van der Waals surface area contributed by atoms with Crippen LogP contribution < -0.4 is 0 Å². The van der Waals surface area contributed by atoms with Gasteiger partial charge in [0.2, 0.25) is 0 Å². The van der Waals surface area contributed by atoms with Gasteiger partial charge in [-0.25, -0.2) is 4.79 Å². The molecule has 0 saturated heterocycles. The Morgan fingerprint density at radius 2 is 1.85 bits per heavy atom. The Bertz CT molecular complexity index is 918. The summed E-state index contributed by atoms with van der Waals surface area (Å²) < 4.78 is 35.6. The second kappa shape index (κ2) is 7.60. The summed E-state index contributed by atoms with van der Waals surface area (Å²) in [4.78, 5) is 11.8. The van der Waals surface area contributed by atoms with Gasteiger partial charge in [0, 0.05) is 0 Å². The van der Waals surface area contributed by atoms with E-state index >= 15 is 0 Å². The number of hydrogen-bond donors (Lipinski definition) is 0. The van der Waals surface area contributed by atoms with Crippen molar-refractivity contribution in [2.45, 2.75) is 31.1 Å². The lowest BCUT2D eigenvalue weighted by Crippen LogP contribution is -2.22. The molecule has 138 valence electrons. The van der Waals surface area contributed by atoms with Gasteiger partial charge in [0.15, 0.2) is 0 Å². The third-order valence-corrected chi connectivity index (χ3v) is 6.26. The number of benzene rings is 2. The number of hydrogen-bond acceptors (Lipinski definition) is 5. The predicted molar refractivity (Wildman–Crippen MR) is 97.6 cm³/mol. The van der Waals surface area contributed by atoms with Gasteiger partial charge in [0.1, 0.15) is 4.90 Å². The average Bonchev–Trinajstić information content (AvgIpc) is 2.65. The van der Waals surface area contributed by atoms with Crippen LogP contribution in [0.3, 0.4) is 0 Å². The molecule has 0 N–H and O–H groups in total. The highest BCUT2D eigenvalue weighted by Gasteiger charge is 2.28. The Labute approximate surface area is 154 Å². The molecule has 1 aliphatic rings. The standard InChI is InChI=1S/C20H22O5S/c1-14-6-5-9-18(20(21)24-2)19(14)26(22,23)25-13-15-10-11-16-7-3-4-8-17(16)12-15/h3-9,15H,10-13H2,1-2H3. The molecule has 3 rings (SSSR count). The van der Waals surface area contributed by atoms with Crippen molar-refractivity contribution in [3.63, 3.8) is 0 Å². The highest BCUT2D eigenvalue weighted by atomic mass is 32.2. The number of rotatable bonds is 5. The van der Waals surface area contributed by atoms with Gasteiger partial charge in [-0.2, -0.15) is 8.42 Å². The monoisotopic (exact) mass is 374 g/mol. The molecule has 5 nitrogen and oxygen atoms in total. The van der Waals surface area contributed by atoms with E-state index < -0.39 is 16.1 Å². The highest BCUT2D eigenvalue weighted by Crippen LogP contribution is 2.28. The number of methoxy groups -OCH3 is 1. The van der Waals surface area contributed by atoms with Crippen molar-refractivity contribution in [3.8, 4) is 0 Å². The lowest BCUT2D eigenvalue weighted by Gasteiger charge is -2.24. The Morgan fingerprint density at radius 1 is 1.12 bits per heavy atom. The average molecular weight is 374 g/mol. The molecule has 2 aromatic carbocycles. The number of esters is 1. The lowest BCUT2D eigenvalue weighted by molar-refractivity contribution is 0.0595. The molecular formula is C20H22O5S. The Balaban J connectivity index is 1.78. The normalized spacial score (nSPS) is 16.8. The Morgan fingerprint density at radius 3 is 2.58 bits per heavy atom. The molecule has 0 amide bonds. The first-order valence-electron chi connectivity index (χ1n) is 8.56. The van der Waals surface area contributed by atoms with Gasteiger partial charge < -0.3 is 4.74 Å². The molecular weight excluding hydrogens is 352 g/mol. The third kappa shape index (κ3) is 3.81. The van der Waals surface area contributed by atoms with E-state index in [-0.39, 0.29) is 23.0 Å². The number of fused-ring (bicyclic) bond motifs is 1. The van der Waals surface area contributed by atoms with Crippen LogP contribution in [-0.2, 0) is 31.9 Å². The van der Waals surface area contributed by atoms with Crippen LogP contribution in [0.1, 0.15) is 33.5 Å². The van der Waals surface area contributed by atoms with E-state index in [0.29, 0.717) is 5.56 Å². The zero-order valence-corrected chi connectivity index (χ0v) is 15.7. The van der Waals surface area contributed by atoms with Gasteiger partial charge in [0.05, 0.1) is 19.3 Å². The fraction of sp³-hybridized carbons (Fsp3) is 0.350. The molecule has 0 spiro atoms. The summed E-state index contributed by atoms with van der Waals surface area (Å²) in [5.74, 6) is -0.562. The maximum Gasteiger partial charge on any atom is 0.339 e. The minimum atomic E-state index is -4.05. The summed E-state index contributed by atoms with van der Waals surface area (Å²) in [6.07, 6.45) is 2.59. The summed E-state index contributed by atoms with van der Waals surface area (Å²) in [5.41, 5.74) is 3.03. The van der Waals surface area contributed by atoms with Gasteiger partial charge in [-0.3, -0.25) is 4.18 Å². The van der Waals surface area contributed by atoms with Crippen LogP contribution in [0.2, 0.25) is 0 Å². The number of carbonyl (C=O) groups is 1. The van der Waals surface area contributed by atoms with E-state index in [1.807, 2.05) is 12.1 Å². The van der Waals surface area contributed by atoms with E-state index in [4.69, 9.17) is 8.92 Å². The van der Waals surface area contributed by atoms with Crippen molar-refractivity contribution < 1.29 is 22.1 Å². The van der Waals surface area contributed by atoms with Crippen LogP contribution in [0.5, 0.6) is 0 Å². The molecule has 6 heteroatoms. The van der Waals surface area contributed by atoms with Crippen molar-refractivity contribution in [2.24, 2.45) is 5.92 Å². The molecule has 1 unspecified atom stereocenters. The molecule has 0 aliphatic heterocycles. The second-order valence-electron chi connectivity index (χ2n) is 6.56. The van der Waals surface area contributed by atoms with E-state index in [1.54, 1.807) is 19.1 Å². The molecule has 0 fully saturated rings. The van der Waals surface area contributed by atoms with Gasteiger partial charge in [-0.05, 0) is 54.9 Å². The van der Waals surface area contributed by atoms with Gasteiger partial charge >= 0.3 is 5.97 Å². The summed E-state index contributed by atoms with van der Waals surface area (Å²) in [7, 11) is -2.83. The van der Waals surface area contributed by atoms with Gasteiger partial charge in [-0.1, -0.05) is 36.4 Å². The maximum atomic E-state index is 12.8. The summed E-state index contributed by atoms with van der Waals surface area (Å²) >= 11 is 0. The number of ether oxygens (including phenoxy) is 1. The maximum absolute atomic E-state index is 12.8. The number of carbonyl (C=O) groups excluding carboxylic acids is 1. The minimum Gasteiger partial charge on any atom is -0.465 e. The van der Waals surface area contributed by atoms with Crippen molar-refractivity contribution in [2.75, 3.05) is 13.7 Å². The zero-order chi connectivity index (χ0) is 18.7. The van der Waals surface area contributed by atoms with Crippen LogP contribution >= 0.6 is 0 Å². The van der Waals surface area contributed by atoms with Crippen molar-refractivity contribution in [1.29, 1.82) is 0 Å². The Hall–Kier alpha value is -2.18. The molecule has 0 aromatic heterocycles. The first-order valence-corrected chi connectivity index (χ1v) is 9.97. The topological polar surface area (TPSA) is 69.7 Å². The van der Waals surface area contributed by atoms with Crippen LogP contribution in [-0.4, -0.2) is 28.1 Å². The zero-order valence-electron chi connectivity index (χ0n) is 14.9. The van der Waals surface area contributed by atoms with Crippen LogP contribution in [0.15, 0.2) is 47.4 Å². The summed E-state index contributed by atoms with van der Waals surface area (Å²) in [6, 6.07) is 12.9. The van der Waals surface area contributed by atoms with E-state index in [1.165, 1.54) is 24.3 Å². The first kappa shape index (κ1) is 18.6. The van der Waals surface area contributed by atoms with Gasteiger partial charge in [-0.15, -0.1) is 0 Å². The smallest absolute Gasteiger partial charge is 0.339 e. The molecule has 0 saturated carbocycles. The molecule has 0 bridgehead atoms. The van der Waals surface area contributed by atoms with Crippen molar-refractivity contribution in [1.82, 2.24) is 0 Å². The quantitative estimate of drug-likeness (QED) is 0.593. The number of aryl methyl sites for hydroxylation is 2. The lowest BCUT2D eigenvalue weighted by atomic mass is 9.84. The summed E-state index contributed by atoms with van der Waals surface area (Å²) in [5, 5.41) is 0. The predicted octanol–water partition coefficient (Wildman–Crippen LogP) is 3.29.